The van der Waals surface area contributed by atoms with Gasteiger partial charge in [0.15, 0.2) is 0 Å². The van der Waals surface area contributed by atoms with Gasteiger partial charge >= 0.3 is 6.09 Å². The number of benzene rings is 2. The Balaban J connectivity index is 2.07. The quantitative estimate of drug-likeness (QED) is 0.685. The number of hydrogen-bond donors (Lipinski definition) is 2. The van der Waals surface area contributed by atoms with E-state index >= 15 is 0 Å². The van der Waals surface area contributed by atoms with Crippen LogP contribution in [-0.4, -0.2) is 43.1 Å². The highest BCUT2D eigenvalue weighted by Gasteiger charge is 2.19. The highest BCUT2D eigenvalue weighted by atomic mass is 16.5. The summed E-state index contributed by atoms with van der Waals surface area (Å²) in [6.45, 7) is 8.55. The Morgan fingerprint density at radius 3 is 2.36 bits per heavy atom. The Kier molecular flexibility index (Phi) is 8.49. The van der Waals surface area contributed by atoms with Crippen LogP contribution in [-0.2, 0) is 4.74 Å². The van der Waals surface area contributed by atoms with Crippen LogP contribution in [0.4, 0.5) is 10.5 Å². The lowest BCUT2D eigenvalue weighted by molar-refractivity contribution is 0.0935. The molecule has 6 heteroatoms. The van der Waals surface area contributed by atoms with Crippen LogP contribution >= 0.6 is 0 Å². The molecule has 0 saturated carbocycles. The van der Waals surface area contributed by atoms with E-state index in [0.717, 1.165) is 13.1 Å². The fourth-order valence-corrected chi connectivity index (χ4v) is 3.11. The molecule has 1 atom stereocenters. The van der Waals surface area contributed by atoms with Gasteiger partial charge in [-0.25, -0.2) is 4.79 Å². The molecule has 0 aliphatic carbocycles. The van der Waals surface area contributed by atoms with Crippen molar-refractivity contribution in [1.29, 1.82) is 0 Å². The Labute approximate surface area is 166 Å². The smallest absolute Gasteiger partial charge is 0.411 e. The summed E-state index contributed by atoms with van der Waals surface area (Å²) in [6.07, 6.45) is -0.536. The van der Waals surface area contributed by atoms with E-state index < -0.39 is 6.09 Å². The number of anilines is 1. The van der Waals surface area contributed by atoms with Gasteiger partial charge in [0.2, 0.25) is 0 Å². The van der Waals surface area contributed by atoms with Gasteiger partial charge in [0.25, 0.3) is 5.91 Å². The molecule has 2 aromatic rings. The lowest BCUT2D eigenvalue weighted by atomic mass is 10.0. The van der Waals surface area contributed by atoms with Crippen LogP contribution in [0, 0.1) is 0 Å². The number of likely N-dealkylation sites (N-methyl/N-ethyl adjacent to an activating group) is 1. The van der Waals surface area contributed by atoms with Gasteiger partial charge in [0, 0.05) is 17.8 Å². The Hall–Kier alpha value is -2.86. The molecule has 6 nitrogen and oxygen atoms in total. The second-order valence-corrected chi connectivity index (χ2v) is 6.28. The third-order valence-electron chi connectivity index (χ3n) is 4.54. The van der Waals surface area contributed by atoms with Crippen molar-refractivity contribution in [3.63, 3.8) is 0 Å². The van der Waals surface area contributed by atoms with Gasteiger partial charge in [-0.15, -0.1) is 0 Å². The first-order chi connectivity index (χ1) is 13.6. The van der Waals surface area contributed by atoms with Crippen LogP contribution in [0.2, 0.25) is 0 Å². The fraction of sp³-hybridized carbons (Fsp3) is 0.364. The van der Waals surface area contributed by atoms with Crippen LogP contribution in [0.5, 0.6) is 0 Å². The number of nitrogens with zero attached hydrogens (tertiary/aromatic N) is 1. The second-order valence-electron chi connectivity index (χ2n) is 6.28. The molecule has 0 fully saturated rings. The van der Waals surface area contributed by atoms with Crippen molar-refractivity contribution in [2.24, 2.45) is 0 Å². The van der Waals surface area contributed by atoms with Gasteiger partial charge in [-0.1, -0.05) is 50.2 Å². The summed E-state index contributed by atoms with van der Waals surface area (Å²) in [5.41, 5.74) is 2.18. The van der Waals surface area contributed by atoms with Gasteiger partial charge in [0.1, 0.15) is 0 Å². The molecule has 0 aromatic heterocycles. The maximum absolute atomic E-state index is 12.7. The first-order valence-electron chi connectivity index (χ1n) is 9.70. The zero-order chi connectivity index (χ0) is 20.4. The summed E-state index contributed by atoms with van der Waals surface area (Å²) < 4.78 is 4.87. The Bertz CT molecular complexity index is 761. The molecule has 0 radical (unpaired) electrons. The minimum Gasteiger partial charge on any atom is -0.450 e. The Morgan fingerprint density at radius 2 is 1.71 bits per heavy atom. The van der Waals surface area contributed by atoms with E-state index in [1.807, 2.05) is 18.2 Å². The van der Waals surface area contributed by atoms with Gasteiger partial charge in [-0.3, -0.25) is 15.0 Å². The molecule has 0 aliphatic rings. The van der Waals surface area contributed by atoms with E-state index in [4.69, 9.17) is 4.74 Å². The second kappa shape index (κ2) is 11.1. The number of rotatable bonds is 9. The summed E-state index contributed by atoms with van der Waals surface area (Å²) in [7, 11) is 0. The lowest BCUT2D eigenvalue weighted by Crippen LogP contribution is -2.38. The van der Waals surface area contributed by atoms with Gasteiger partial charge in [-0.2, -0.15) is 0 Å². The van der Waals surface area contributed by atoms with Crippen molar-refractivity contribution >= 4 is 17.7 Å². The van der Waals surface area contributed by atoms with E-state index in [-0.39, 0.29) is 18.6 Å². The molecule has 0 saturated heterocycles. The summed E-state index contributed by atoms with van der Waals surface area (Å²) >= 11 is 0. The standard InChI is InChI=1S/C22H29N3O3/c1-4-25(5-2)20(17-11-8-7-9-12-17)16-23-21(26)18-13-10-14-19(15-18)24-22(27)28-6-3/h7-15,20H,4-6,16H2,1-3H3,(H,23,26)(H,24,27). The maximum atomic E-state index is 12.7. The molecular weight excluding hydrogens is 354 g/mol. The first-order valence-corrected chi connectivity index (χ1v) is 9.70. The van der Waals surface area contributed by atoms with Crippen molar-refractivity contribution in [1.82, 2.24) is 10.2 Å². The number of carbonyl (C=O) groups excluding carboxylic acids is 2. The van der Waals surface area contributed by atoms with Crippen molar-refractivity contribution in [2.45, 2.75) is 26.8 Å². The lowest BCUT2D eigenvalue weighted by Gasteiger charge is -2.30. The molecule has 1 unspecified atom stereocenters. The summed E-state index contributed by atoms with van der Waals surface area (Å²) in [5, 5.41) is 5.64. The van der Waals surface area contributed by atoms with Gasteiger partial charge in [-0.05, 0) is 43.8 Å². The fourth-order valence-electron chi connectivity index (χ4n) is 3.11. The van der Waals surface area contributed by atoms with E-state index in [2.05, 4.69) is 41.5 Å². The normalized spacial score (nSPS) is 11.7. The molecule has 0 aliphatic heterocycles. The molecule has 2 N–H and O–H groups in total. The number of ether oxygens (including phenoxy) is 1. The zero-order valence-electron chi connectivity index (χ0n) is 16.8. The molecule has 2 amide bonds. The van der Waals surface area contributed by atoms with Crippen LogP contribution in [0.3, 0.4) is 0 Å². The van der Waals surface area contributed by atoms with Gasteiger partial charge < -0.3 is 10.1 Å². The molecule has 0 heterocycles. The van der Waals surface area contributed by atoms with Crippen molar-refractivity contribution in [3.8, 4) is 0 Å². The van der Waals surface area contributed by atoms with Gasteiger partial charge in [0.05, 0.1) is 12.6 Å². The van der Waals surface area contributed by atoms with E-state index in [1.54, 1.807) is 31.2 Å². The van der Waals surface area contributed by atoms with E-state index in [1.165, 1.54) is 5.56 Å². The number of amides is 2. The third kappa shape index (κ3) is 6.09. The third-order valence-corrected chi connectivity index (χ3v) is 4.54. The zero-order valence-corrected chi connectivity index (χ0v) is 16.8. The number of nitrogens with one attached hydrogen (secondary N) is 2. The van der Waals surface area contributed by atoms with Crippen LogP contribution in [0.15, 0.2) is 54.6 Å². The molecule has 2 aromatic carbocycles. The number of hydrogen-bond acceptors (Lipinski definition) is 4. The minimum atomic E-state index is -0.536. The molecule has 28 heavy (non-hydrogen) atoms. The predicted octanol–water partition coefficient (Wildman–Crippen LogP) is 4.07. The maximum Gasteiger partial charge on any atom is 0.411 e. The van der Waals surface area contributed by atoms with Crippen molar-refractivity contribution < 1.29 is 14.3 Å². The van der Waals surface area contributed by atoms with Crippen LogP contribution in [0.25, 0.3) is 0 Å². The SMILES string of the molecule is CCOC(=O)Nc1cccc(C(=O)NCC(c2ccccc2)N(CC)CC)c1. The van der Waals surface area contributed by atoms with E-state index in [9.17, 15) is 9.59 Å². The van der Waals surface area contributed by atoms with Crippen LogP contribution in [0.1, 0.15) is 42.7 Å². The highest BCUT2D eigenvalue weighted by molar-refractivity contribution is 5.96. The van der Waals surface area contributed by atoms with Crippen molar-refractivity contribution in [2.75, 3.05) is 31.6 Å². The summed E-state index contributed by atoms with van der Waals surface area (Å²) in [4.78, 5) is 26.6. The first kappa shape index (κ1) is 21.4. The molecule has 0 bridgehead atoms. The van der Waals surface area contributed by atoms with Crippen molar-refractivity contribution in [3.05, 3.63) is 65.7 Å². The topological polar surface area (TPSA) is 70.7 Å². The average Bonchev–Trinajstić information content (AvgIpc) is 2.72. The monoisotopic (exact) mass is 383 g/mol. The number of carbonyl (C=O) groups is 2. The molecule has 0 spiro atoms. The summed E-state index contributed by atoms with van der Waals surface area (Å²) in [6, 6.07) is 17.1. The molecular formula is C22H29N3O3. The van der Waals surface area contributed by atoms with E-state index in [0.29, 0.717) is 17.8 Å². The summed E-state index contributed by atoms with van der Waals surface area (Å²) in [5.74, 6) is -0.180. The molecule has 150 valence electrons. The Morgan fingerprint density at radius 1 is 1.00 bits per heavy atom. The molecule has 2 rings (SSSR count). The minimum absolute atomic E-state index is 0.0981. The average molecular weight is 383 g/mol. The van der Waals surface area contributed by atoms with Crippen LogP contribution < -0.4 is 10.6 Å². The largest absolute Gasteiger partial charge is 0.450 e. The highest BCUT2D eigenvalue weighted by Crippen LogP contribution is 2.20. The predicted molar refractivity (Wildman–Crippen MR) is 112 cm³/mol.